The molecule has 90 valence electrons. The quantitative estimate of drug-likeness (QED) is 0.772. The Kier molecular flexibility index (Phi) is 5.50. The Morgan fingerprint density at radius 3 is 2.88 bits per heavy atom. The number of amides is 2. The topological polar surface area (TPSA) is 70.2 Å². The molecule has 0 saturated heterocycles. The fourth-order valence-corrected chi connectivity index (χ4v) is 2.00. The molecule has 0 unspecified atom stereocenters. The van der Waals surface area contributed by atoms with Gasteiger partial charge in [-0.3, -0.25) is 5.32 Å². The zero-order valence-electron chi connectivity index (χ0n) is 9.48. The first-order valence-electron chi connectivity index (χ1n) is 4.69. The van der Waals surface area contributed by atoms with Crippen LogP contribution in [-0.2, 0) is 0 Å². The van der Waals surface area contributed by atoms with Crippen LogP contribution in [0.5, 0.6) is 0 Å². The van der Waals surface area contributed by atoms with Crippen LogP contribution in [0.2, 0.25) is 0 Å². The van der Waals surface area contributed by atoms with Crippen molar-refractivity contribution >= 4 is 34.5 Å². The lowest BCUT2D eigenvalue weighted by Gasteiger charge is -2.09. The molecule has 1 heterocycles. The van der Waals surface area contributed by atoms with Gasteiger partial charge >= 0.3 is 6.03 Å². The summed E-state index contributed by atoms with van der Waals surface area (Å²) in [6.45, 7) is 1.41. The summed E-state index contributed by atoms with van der Waals surface area (Å²) in [5.41, 5.74) is 0. The predicted molar refractivity (Wildman–Crippen MR) is 67.3 cm³/mol. The standard InChI is InChI=1S/C8H15N5OS2/c1-13(2)5-4-9-6(14)10-7-11-8(15-3)12-16-7/h4-5H2,1-3H3,(H2,9,10,11,12,14). The summed E-state index contributed by atoms with van der Waals surface area (Å²) in [5.74, 6) is 0. The van der Waals surface area contributed by atoms with E-state index in [1.165, 1.54) is 23.3 Å². The monoisotopic (exact) mass is 261 g/mol. The third-order valence-electron chi connectivity index (χ3n) is 1.66. The smallest absolute Gasteiger partial charge is 0.321 e. The van der Waals surface area contributed by atoms with Crippen LogP contribution in [0, 0.1) is 0 Å². The first-order valence-corrected chi connectivity index (χ1v) is 6.69. The minimum Gasteiger partial charge on any atom is -0.337 e. The molecule has 0 fully saturated rings. The van der Waals surface area contributed by atoms with E-state index in [4.69, 9.17) is 0 Å². The van der Waals surface area contributed by atoms with E-state index in [1.54, 1.807) is 0 Å². The van der Waals surface area contributed by atoms with E-state index < -0.39 is 0 Å². The number of nitrogens with zero attached hydrogens (tertiary/aromatic N) is 3. The number of nitrogens with one attached hydrogen (secondary N) is 2. The molecular formula is C8H15N5OS2. The van der Waals surface area contributed by atoms with Crippen LogP contribution in [-0.4, -0.2) is 53.7 Å². The lowest BCUT2D eigenvalue weighted by atomic mass is 10.6. The summed E-state index contributed by atoms with van der Waals surface area (Å²) >= 11 is 2.63. The molecule has 6 nitrogen and oxygen atoms in total. The zero-order valence-corrected chi connectivity index (χ0v) is 11.1. The van der Waals surface area contributed by atoms with Gasteiger partial charge in [-0.2, -0.15) is 9.36 Å². The lowest BCUT2D eigenvalue weighted by molar-refractivity contribution is 0.250. The van der Waals surface area contributed by atoms with Gasteiger partial charge in [0.15, 0.2) is 0 Å². The molecule has 0 bridgehead atoms. The van der Waals surface area contributed by atoms with Gasteiger partial charge in [0, 0.05) is 24.6 Å². The molecular weight excluding hydrogens is 246 g/mol. The molecule has 0 aliphatic heterocycles. The van der Waals surface area contributed by atoms with Gasteiger partial charge in [0.05, 0.1) is 0 Å². The van der Waals surface area contributed by atoms with Gasteiger partial charge in [0.25, 0.3) is 0 Å². The molecule has 1 aromatic rings. The summed E-state index contributed by atoms with van der Waals surface area (Å²) in [4.78, 5) is 17.5. The van der Waals surface area contributed by atoms with Crippen molar-refractivity contribution in [1.29, 1.82) is 0 Å². The number of hydrogen-bond acceptors (Lipinski definition) is 6. The van der Waals surface area contributed by atoms with Crippen molar-refractivity contribution < 1.29 is 4.79 Å². The molecule has 0 radical (unpaired) electrons. The van der Waals surface area contributed by atoms with Gasteiger partial charge in [0.1, 0.15) is 0 Å². The Bertz CT molecular complexity index is 341. The average molecular weight is 261 g/mol. The van der Waals surface area contributed by atoms with E-state index in [9.17, 15) is 4.79 Å². The van der Waals surface area contributed by atoms with E-state index in [-0.39, 0.29) is 6.03 Å². The van der Waals surface area contributed by atoms with Crippen LogP contribution >= 0.6 is 23.3 Å². The summed E-state index contributed by atoms with van der Waals surface area (Å²) in [6.07, 6.45) is 1.89. The third-order valence-corrected chi connectivity index (χ3v) is 2.95. The van der Waals surface area contributed by atoms with Gasteiger partial charge in [-0.05, 0) is 20.4 Å². The van der Waals surface area contributed by atoms with E-state index >= 15 is 0 Å². The van der Waals surface area contributed by atoms with Crippen LogP contribution in [0.4, 0.5) is 9.93 Å². The van der Waals surface area contributed by atoms with E-state index in [0.717, 1.165) is 6.54 Å². The predicted octanol–water partition coefficient (Wildman–Crippen LogP) is 0.943. The maximum atomic E-state index is 11.4. The molecule has 1 aromatic heterocycles. The van der Waals surface area contributed by atoms with E-state index in [2.05, 4.69) is 20.0 Å². The number of urea groups is 1. The maximum Gasteiger partial charge on any atom is 0.321 e. The molecule has 0 saturated carbocycles. The van der Waals surface area contributed by atoms with Crippen molar-refractivity contribution in [3.63, 3.8) is 0 Å². The number of anilines is 1. The highest BCUT2D eigenvalue weighted by molar-refractivity contribution is 7.98. The third kappa shape index (κ3) is 4.77. The first-order chi connectivity index (χ1) is 7.61. The Morgan fingerprint density at radius 2 is 2.31 bits per heavy atom. The van der Waals surface area contributed by atoms with Crippen LogP contribution in [0.25, 0.3) is 0 Å². The Morgan fingerprint density at radius 1 is 1.56 bits per heavy atom. The SMILES string of the molecule is CSc1nsc(NC(=O)NCCN(C)C)n1. The summed E-state index contributed by atoms with van der Waals surface area (Å²) in [6, 6.07) is -0.245. The fourth-order valence-electron chi connectivity index (χ4n) is 0.878. The second-order valence-electron chi connectivity index (χ2n) is 3.27. The minimum atomic E-state index is -0.245. The molecule has 0 aromatic carbocycles. The van der Waals surface area contributed by atoms with Gasteiger partial charge in [-0.1, -0.05) is 11.8 Å². The minimum absolute atomic E-state index is 0.245. The van der Waals surface area contributed by atoms with Gasteiger partial charge in [0.2, 0.25) is 10.3 Å². The second kappa shape index (κ2) is 6.66. The lowest BCUT2D eigenvalue weighted by Crippen LogP contribution is -2.34. The summed E-state index contributed by atoms with van der Waals surface area (Å²) in [7, 11) is 3.91. The Labute approximate surface area is 103 Å². The second-order valence-corrected chi connectivity index (χ2v) is 4.80. The van der Waals surface area contributed by atoms with Crippen molar-refractivity contribution in [2.24, 2.45) is 0 Å². The molecule has 1 rings (SSSR count). The molecule has 0 spiro atoms. The molecule has 8 heteroatoms. The van der Waals surface area contributed by atoms with E-state index in [0.29, 0.717) is 16.8 Å². The van der Waals surface area contributed by atoms with Crippen molar-refractivity contribution in [1.82, 2.24) is 19.6 Å². The van der Waals surface area contributed by atoms with Gasteiger partial charge in [-0.15, -0.1) is 0 Å². The zero-order chi connectivity index (χ0) is 12.0. The highest BCUT2D eigenvalue weighted by Crippen LogP contribution is 2.17. The average Bonchev–Trinajstić information content (AvgIpc) is 2.65. The molecule has 0 atom stereocenters. The van der Waals surface area contributed by atoms with Crippen LogP contribution in [0.15, 0.2) is 5.16 Å². The number of carbonyl (C=O) groups is 1. The molecule has 2 amide bonds. The molecule has 2 N–H and O–H groups in total. The van der Waals surface area contributed by atoms with Gasteiger partial charge < -0.3 is 10.2 Å². The van der Waals surface area contributed by atoms with Crippen molar-refractivity contribution in [3.05, 3.63) is 0 Å². The molecule has 0 aliphatic rings. The number of thioether (sulfide) groups is 1. The molecule has 0 aliphatic carbocycles. The Hall–Kier alpha value is -0.860. The van der Waals surface area contributed by atoms with Crippen molar-refractivity contribution in [2.75, 3.05) is 38.8 Å². The largest absolute Gasteiger partial charge is 0.337 e. The highest BCUT2D eigenvalue weighted by Gasteiger charge is 2.06. The fraction of sp³-hybridized carbons (Fsp3) is 0.625. The summed E-state index contributed by atoms with van der Waals surface area (Å²) < 4.78 is 4.04. The number of rotatable bonds is 5. The number of carbonyl (C=O) groups excluding carboxylic acids is 1. The van der Waals surface area contributed by atoms with E-state index in [1.807, 2.05) is 25.3 Å². The Balaban J connectivity index is 2.28. The van der Waals surface area contributed by atoms with Gasteiger partial charge in [-0.25, -0.2) is 4.79 Å². The van der Waals surface area contributed by atoms with Crippen molar-refractivity contribution in [3.8, 4) is 0 Å². The highest BCUT2D eigenvalue weighted by atomic mass is 32.2. The number of hydrogen-bond donors (Lipinski definition) is 2. The molecule has 16 heavy (non-hydrogen) atoms. The number of aromatic nitrogens is 2. The first kappa shape index (κ1) is 13.2. The normalized spacial score (nSPS) is 10.5. The van der Waals surface area contributed by atoms with Crippen LogP contribution in [0.3, 0.4) is 0 Å². The van der Waals surface area contributed by atoms with Crippen LogP contribution in [0.1, 0.15) is 0 Å². The number of likely N-dealkylation sites (N-methyl/N-ethyl adjacent to an activating group) is 1. The van der Waals surface area contributed by atoms with Crippen molar-refractivity contribution in [2.45, 2.75) is 5.16 Å². The maximum absolute atomic E-state index is 11.4. The summed E-state index contributed by atoms with van der Waals surface area (Å²) in [5, 5.41) is 6.56. The van der Waals surface area contributed by atoms with Crippen LogP contribution < -0.4 is 10.6 Å².